The van der Waals surface area contributed by atoms with Crippen LogP contribution in [0.25, 0.3) is 0 Å². The number of carbonyl (C=O) groups excluding carboxylic acids is 1. The molecule has 4 nitrogen and oxygen atoms in total. The molecule has 21 heavy (non-hydrogen) atoms. The van der Waals surface area contributed by atoms with Gasteiger partial charge in [-0.05, 0) is 31.9 Å². The predicted octanol–water partition coefficient (Wildman–Crippen LogP) is 2.37. The van der Waals surface area contributed by atoms with Crippen molar-refractivity contribution < 1.29 is 23.5 Å². The quantitative estimate of drug-likeness (QED) is 0.877. The van der Waals surface area contributed by atoms with Gasteiger partial charge in [-0.1, -0.05) is 12.5 Å². The number of carbonyl (C=O) groups is 2. The molecule has 1 aromatic carbocycles. The van der Waals surface area contributed by atoms with Crippen LogP contribution in [-0.4, -0.2) is 23.0 Å². The summed E-state index contributed by atoms with van der Waals surface area (Å²) >= 11 is 0. The highest BCUT2D eigenvalue weighted by atomic mass is 19.1. The molecule has 0 radical (unpaired) electrons. The Morgan fingerprint density at radius 1 is 1.33 bits per heavy atom. The van der Waals surface area contributed by atoms with E-state index in [9.17, 15) is 18.4 Å². The van der Waals surface area contributed by atoms with Crippen LogP contribution in [0, 0.1) is 11.6 Å². The van der Waals surface area contributed by atoms with Crippen molar-refractivity contribution in [1.82, 2.24) is 5.32 Å². The highest BCUT2D eigenvalue weighted by Gasteiger charge is 2.49. The topological polar surface area (TPSA) is 66.4 Å². The van der Waals surface area contributed by atoms with Crippen LogP contribution in [0.4, 0.5) is 8.78 Å². The summed E-state index contributed by atoms with van der Waals surface area (Å²) in [6, 6.07) is 2.92. The van der Waals surface area contributed by atoms with Gasteiger partial charge < -0.3 is 10.4 Å². The van der Waals surface area contributed by atoms with Gasteiger partial charge in [0, 0.05) is 11.6 Å². The van der Waals surface area contributed by atoms with E-state index < -0.39 is 35.0 Å². The van der Waals surface area contributed by atoms with E-state index in [1.807, 2.05) is 0 Å². The first kappa shape index (κ1) is 15.4. The number of halogens is 2. The number of nitrogens with one attached hydrogen (secondary N) is 1. The van der Waals surface area contributed by atoms with E-state index in [0.717, 1.165) is 12.1 Å². The van der Waals surface area contributed by atoms with Crippen molar-refractivity contribution in [3.8, 4) is 0 Å². The molecule has 1 aliphatic rings. The minimum absolute atomic E-state index is 0.212. The van der Waals surface area contributed by atoms with Crippen molar-refractivity contribution in [3.63, 3.8) is 0 Å². The highest BCUT2D eigenvalue weighted by Crippen LogP contribution is 2.46. The summed E-state index contributed by atoms with van der Waals surface area (Å²) in [5.74, 6) is -3.03. The Morgan fingerprint density at radius 2 is 1.90 bits per heavy atom. The molecule has 0 spiro atoms. The number of hydrogen-bond donors (Lipinski definition) is 2. The summed E-state index contributed by atoms with van der Waals surface area (Å²) in [5, 5.41) is 11.3. The fraction of sp³-hybridized carbons (Fsp3) is 0.467. The van der Waals surface area contributed by atoms with Gasteiger partial charge in [-0.2, -0.15) is 0 Å². The maximum atomic E-state index is 14.0. The number of benzene rings is 1. The standard InChI is InChI=1S/C15H17F2NO3/c1-9(8-12(19)20)18-14(21)15(6-3-7-15)13-10(16)4-2-5-11(13)17/h2,4-5,9H,3,6-8H2,1H3,(H,18,21)(H,19,20). The molecule has 0 aliphatic heterocycles. The van der Waals surface area contributed by atoms with Gasteiger partial charge in [0.2, 0.25) is 5.91 Å². The number of amides is 1. The number of aliphatic carboxylic acids is 1. The Balaban J connectivity index is 2.26. The Morgan fingerprint density at radius 3 is 2.33 bits per heavy atom. The smallest absolute Gasteiger partial charge is 0.305 e. The second-order valence-electron chi connectivity index (χ2n) is 5.50. The average Bonchev–Trinajstić information content (AvgIpc) is 2.30. The van der Waals surface area contributed by atoms with E-state index >= 15 is 0 Å². The molecule has 2 rings (SSSR count). The van der Waals surface area contributed by atoms with Gasteiger partial charge in [-0.3, -0.25) is 9.59 Å². The largest absolute Gasteiger partial charge is 0.481 e. The fourth-order valence-electron chi connectivity index (χ4n) is 2.75. The van der Waals surface area contributed by atoms with E-state index in [-0.39, 0.29) is 12.0 Å². The van der Waals surface area contributed by atoms with Crippen LogP contribution in [0.1, 0.15) is 38.2 Å². The first-order chi connectivity index (χ1) is 9.86. The van der Waals surface area contributed by atoms with Crippen LogP contribution in [0.3, 0.4) is 0 Å². The Bertz CT molecular complexity index is 550. The molecular weight excluding hydrogens is 280 g/mol. The van der Waals surface area contributed by atoms with Crippen LogP contribution in [0.15, 0.2) is 18.2 Å². The molecule has 1 saturated carbocycles. The summed E-state index contributed by atoms with van der Waals surface area (Å²) in [6.45, 7) is 1.55. The lowest BCUT2D eigenvalue weighted by molar-refractivity contribution is -0.138. The van der Waals surface area contributed by atoms with Gasteiger partial charge in [0.05, 0.1) is 11.8 Å². The third-order valence-corrected chi connectivity index (χ3v) is 3.94. The highest BCUT2D eigenvalue weighted by molar-refractivity contribution is 5.90. The first-order valence-electron chi connectivity index (χ1n) is 6.84. The number of hydrogen-bond acceptors (Lipinski definition) is 2. The van der Waals surface area contributed by atoms with E-state index in [0.29, 0.717) is 19.3 Å². The molecule has 0 bridgehead atoms. The van der Waals surface area contributed by atoms with Crippen molar-refractivity contribution in [2.75, 3.05) is 0 Å². The monoisotopic (exact) mass is 297 g/mol. The summed E-state index contributed by atoms with van der Waals surface area (Å²) in [7, 11) is 0. The zero-order valence-corrected chi connectivity index (χ0v) is 11.7. The van der Waals surface area contributed by atoms with Crippen molar-refractivity contribution in [2.24, 2.45) is 0 Å². The Kier molecular flexibility index (Phi) is 4.25. The molecule has 0 saturated heterocycles. The molecule has 1 atom stereocenters. The zero-order chi connectivity index (χ0) is 15.6. The maximum absolute atomic E-state index is 14.0. The van der Waals surface area contributed by atoms with Gasteiger partial charge in [0.1, 0.15) is 11.6 Å². The molecule has 1 aromatic rings. The lowest BCUT2D eigenvalue weighted by atomic mass is 9.63. The van der Waals surface area contributed by atoms with E-state index in [4.69, 9.17) is 5.11 Å². The van der Waals surface area contributed by atoms with Crippen LogP contribution < -0.4 is 5.32 Å². The van der Waals surface area contributed by atoms with Gasteiger partial charge in [-0.25, -0.2) is 8.78 Å². The predicted molar refractivity (Wildman–Crippen MR) is 71.7 cm³/mol. The van der Waals surface area contributed by atoms with E-state index in [1.165, 1.54) is 6.07 Å². The van der Waals surface area contributed by atoms with Gasteiger partial charge in [-0.15, -0.1) is 0 Å². The van der Waals surface area contributed by atoms with Crippen LogP contribution in [-0.2, 0) is 15.0 Å². The van der Waals surface area contributed by atoms with Crippen LogP contribution in [0.5, 0.6) is 0 Å². The van der Waals surface area contributed by atoms with Crippen molar-refractivity contribution in [2.45, 2.75) is 44.1 Å². The lowest BCUT2D eigenvalue weighted by Crippen LogP contribution is -2.52. The maximum Gasteiger partial charge on any atom is 0.305 e. The minimum atomic E-state index is -1.22. The molecule has 0 heterocycles. The molecule has 0 aromatic heterocycles. The third kappa shape index (κ3) is 2.89. The van der Waals surface area contributed by atoms with E-state index in [1.54, 1.807) is 6.92 Å². The molecule has 1 aliphatic carbocycles. The molecule has 1 fully saturated rings. The lowest BCUT2D eigenvalue weighted by Gasteiger charge is -2.41. The molecule has 1 unspecified atom stereocenters. The second kappa shape index (κ2) is 5.79. The molecule has 1 amide bonds. The summed E-state index contributed by atoms with van der Waals surface area (Å²) in [4.78, 5) is 23.0. The molecule has 114 valence electrons. The summed E-state index contributed by atoms with van der Waals surface area (Å²) in [6.07, 6.45) is 1.18. The molecular formula is C15H17F2NO3. The third-order valence-electron chi connectivity index (χ3n) is 3.94. The summed E-state index contributed by atoms with van der Waals surface area (Å²) in [5.41, 5.74) is -1.43. The van der Waals surface area contributed by atoms with E-state index in [2.05, 4.69) is 5.32 Å². The van der Waals surface area contributed by atoms with Crippen LogP contribution >= 0.6 is 0 Å². The zero-order valence-electron chi connectivity index (χ0n) is 11.7. The summed E-state index contributed by atoms with van der Waals surface area (Å²) < 4.78 is 27.9. The van der Waals surface area contributed by atoms with Gasteiger partial charge in [0.15, 0.2) is 0 Å². The van der Waals surface area contributed by atoms with Gasteiger partial charge >= 0.3 is 5.97 Å². The molecule has 2 N–H and O–H groups in total. The van der Waals surface area contributed by atoms with Crippen molar-refractivity contribution in [3.05, 3.63) is 35.4 Å². The van der Waals surface area contributed by atoms with Gasteiger partial charge in [0.25, 0.3) is 0 Å². The Labute approximate surface area is 121 Å². The SMILES string of the molecule is CC(CC(=O)O)NC(=O)C1(c2c(F)cccc2F)CCC1. The Hall–Kier alpha value is -1.98. The fourth-order valence-corrected chi connectivity index (χ4v) is 2.75. The number of rotatable bonds is 5. The second-order valence-corrected chi connectivity index (χ2v) is 5.50. The van der Waals surface area contributed by atoms with Crippen molar-refractivity contribution in [1.29, 1.82) is 0 Å². The average molecular weight is 297 g/mol. The molecule has 6 heteroatoms. The number of carboxylic acid groups (broad SMARTS) is 1. The number of carboxylic acids is 1. The van der Waals surface area contributed by atoms with Crippen LogP contribution in [0.2, 0.25) is 0 Å². The first-order valence-corrected chi connectivity index (χ1v) is 6.84. The van der Waals surface area contributed by atoms with Crippen molar-refractivity contribution >= 4 is 11.9 Å². The minimum Gasteiger partial charge on any atom is -0.481 e. The normalized spacial score (nSPS) is 17.7.